The van der Waals surface area contributed by atoms with Gasteiger partial charge >= 0.3 is 5.69 Å². The molecule has 0 spiro atoms. The van der Waals surface area contributed by atoms with Gasteiger partial charge in [-0.15, -0.1) is 0 Å². The van der Waals surface area contributed by atoms with Gasteiger partial charge in [0.15, 0.2) is 9.84 Å². The summed E-state index contributed by atoms with van der Waals surface area (Å²) >= 11 is 0. The Balaban J connectivity index is 1.84. The molecule has 1 unspecified atom stereocenters. The number of hydrogen-bond donors (Lipinski definition) is 0. The van der Waals surface area contributed by atoms with E-state index in [1.165, 1.54) is 6.07 Å². The fourth-order valence-electron chi connectivity index (χ4n) is 3.74. The third kappa shape index (κ3) is 3.39. The van der Waals surface area contributed by atoms with Crippen molar-refractivity contribution in [2.45, 2.75) is 36.7 Å². The first kappa shape index (κ1) is 17.2. The molecule has 1 atom stereocenters. The van der Waals surface area contributed by atoms with Crippen LogP contribution in [0.5, 0.6) is 0 Å². The van der Waals surface area contributed by atoms with Crippen molar-refractivity contribution < 1.29 is 18.1 Å². The molecular formula is C16H22N2O5S. The second-order valence-electron chi connectivity index (χ2n) is 6.53. The largest absolute Gasteiger partial charge is 0.378 e. The molecule has 24 heavy (non-hydrogen) atoms. The van der Waals surface area contributed by atoms with Gasteiger partial charge in [0, 0.05) is 26.0 Å². The van der Waals surface area contributed by atoms with Crippen LogP contribution >= 0.6 is 0 Å². The Kier molecular flexibility index (Phi) is 4.78. The van der Waals surface area contributed by atoms with E-state index in [0.29, 0.717) is 30.8 Å². The first-order chi connectivity index (χ1) is 11.4. The van der Waals surface area contributed by atoms with Crippen molar-refractivity contribution in [3.8, 4) is 0 Å². The van der Waals surface area contributed by atoms with Gasteiger partial charge in [-0.1, -0.05) is 6.07 Å². The molecule has 0 saturated carbocycles. The number of nitro groups is 1. The molecule has 7 nitrogen and oxygen atoms in total. The molecule has 2 aliphatic rings. The number of sulfone groups is 1. The summed E-state index contributed by atoms with van der Waals surface area (Å²) in [5, 5.41) is 11.5. The molecule has 1 aromatic rings. The highest BCUT2D eigenvalue weighted by molar-refractivity contribution is 7.90. The van der Waals surface area contributed by atoms with Crippen LogP contribution in [0.3, 0.4) is 0 Å². The van der Waals surface area contributed by atoms with E-state index in [2.05, 4.69) is 0 Å². The van der Waals surface area contributed by atoms with Crippen LogP contribution in [0, 0.1) is 16.0 Å². The Morgan fingerprint density at radius 2 is 1.96 bits per heavy atom. The fourth-order valence-corrected chi connectivity index (χ4v) is 4.59. The number of anilines is 1. The molecule has 0 radical (unpaired) electrons. The van der Waals surface area contributed by atoms with Gasteiger partial charge in [-0.3, -0.25) is 10.1 Å². The van der Waals surface area contributed by atoms with Gasteiger partial charge in [0.1, 0.15) is 10.6 Å². The fraction of sp³-hybridized carbons (Fsp3) is 0.625. The lowest BCUT2D eigenvalue weighted by molar-refractivity contribution is -0.387. The van der Waals surface area contributed by atoms with Crippen LogP contribution in [0.25, 0.3) is 0 Å². The van der Waals surface area contributed by atoms with Gasteiger partial charge in [0.2, 0.25) is 0 Å². The molecule has 2 aliphatic heterocycles. The summed E-state index contributed by atoms with van der Waals surface area (Å²) in [7, 11) is -3.65. The average Bonchev–Trinajstić information content (AvgIpc) is 3.08. The number of para-hydroxylation sites is 1. The van der Waals surface area contributed by atoms with Crippen molar-refractivity contribution in [3.05, 3.63) is 28.3 Å². The molecule has 2 heterocycles. The van der Waals surface area contributed by atoms with Gasteiger partial charge in [0.05, 0.1) is 11.0 Å². The summed E-state index contributed by atoms with van der Waals surface area (Å²) in [6.07, 6.45) is 5.32. The molecule has 0 bridgehead atoms. The smallest absolute Gasteiger partial charge is 0.311 e. The van der Waals surface area contributed by atoms with Gasteiger partial charge in [0.25, 0.3) is 0 Å². The lowest BCUT2D eigenvalue weighted by Crippen LogP contribution is -2.38. The summed E-state index contributed by atoms with van der Waals surface area (Å²) in [6.45, 7) is 2.18. The Morgan fingerprint density at radius 3 is 2.50 bits per heavy atom. The third-order valence-corrected chi connectivity index (χ3v) is 6.06. The highest BCUT2D eigenvalue weighted by Gasteiger charge is 2.33. The Hall–Kier alpha value is -1.67. The van der Waals surface area contributed by atoms with E-state index >= 15 is 0 Å². The standard InChI is InChI=1S/C16H22N2O5S/c1-24(21,22)15-6-2-4-13(16(15)18(19)20)17-9-7-12(8-10-17)14-5-3-11-23-14/h2,4,6,12,14H,3,5,7-11H2,1H3. The number of piperidine rings is 1. The molecular weight excluding hydrogens is 332 g/mol. The minimum Gasteiger partial charge on any atom is -0.378 e. The minimum atomic E-state index is -3.65. The number of rotatable bonds is 4. The molecule has 2 fully saturated rings. The molecule has 8 heteroatoms. The predicted molar refractivity (Wildman–Crippen MR) is 90.1 cm³/mol. The summed E-state index contributed by atoms with van der Waals surface area (Å²) in [5.74, 6) is 0.487. The molecule has 0 N–H and O–H groups in total. The number of hydrogen-bond acceptors (Lipinski definition) is 6. The Labute approximate surface area is 141 Å². The first-order valence-electron chi connectivity index (χ1n) is 8.22. The maximum absolute atomic E-state index is 11.9. The van der Waals surface area contributed by atoms with Crippen LogP contribution < -0.4 is 4.90 Å². The van der Waals surface area contributed by atoms with Crippen LogP contribution in [0.1, 0.15) is 25.7 Å². The van der Waals surface area contributed by atoms with Crippen molar-refractivity contribution in [1.82, 2.24) is 0 Å². The Morgan fingerprint density at radius 1 is 1.25 bits per heavy atom. The zero-order valence-corrected chi connectivity index (χ0v) is 14.5. The number of nitrogens with zero attached hydrogens (tertiary/aromatic N) is 2. The summed E-state index contributed by atoms with van der Waals surface area (Å²) in [5.41, 5.74) is 0.0873. The van der Waals surface area contributed by atoms with Crippen molar-refractivity contribution in [2.24, 2.45) is 5.92 Å². The lowest BCUT2D eigenvalue weighted by atomic mass is 9.89. The van der Waals surface area contributed by atoms with Crippen LogP contribution in [-0.2, 0) is 14.6 Å². The third-order valence-electron chi connectivity index (χ3n) is 4.93. The predicted octanol–water partition coefficient (Wildman–Crippen LogP) is 2.39. The molecule has 132 valence electrons. The molecule has 3 rings (SSSR count). The summed E-state index contributed by atoms with van der Waals surface area (Å²) < 4.78 is 29.5. The van der Waals surface area contributed by atoms with Crippen molar-refractivity contribution in [2.75, 3.05) is 30.9 Å². The monoisotopic (exact) mass is 354 g/mol. The maximum atomic E-state index is 11.9. The molecule has 1 aromatic carbocycles. The second kappa shape index (κ2) is 6.68. The molecule has 0 aliphatic carbocycles. The SMILES string of the molecule is CS(=O)(=O)c1cccc(N2CCC(C3CCCO3)CC2)c1[N+](=O)[O-]. The first-order valence-corrected chi connectivity index (χ1v) is 10.1. The highest BCUT2D eigenvalue weighted by Crippen LogP contribution is 2.37. The normalized spacial score (nSPS) is 22.7. The zero-order valence-electron chi connectivity index (χ0n) is 13.7. The van der Waals surface area contributed by atoms with Crippen LogP contribution in [-0.4, -0.2) is 45.4 Å². The number of benzene rings is 1. The van der Waals surface area contributed by atoms with Crippen molar-refractivity contribution >= 4 is 21.2 Å². The molecule has 2 saturated heterocycles. The van der Waals surface area contributed by atoms with Gasteiger partial charge < -0.3 is 9.64 Å². The molecule has 0 amide bonds. The Bertz CT molecular complexity index is 720. The minimum absolute atomic E-state index is 0.216. The van der Waals surface area contributed by atoms with E-state index in [1.54, 1.807) is 12.1 Å². The van der Waals surface area contributed by atoms with Gasteiger partial charge in [-0.25, -0.2) is 8.42 Å². The maximum Gasteiger partial charge on any atom is 0.311 e. The highest BCUT2D eigenvalue weighted by atomic mass is 32.2. The van der Waals surface area contributed by atoms with Crippen LogP contribution in [0.4, 0.5) is 11.4 Å². The average molecular weight is 354 g/mol. The summed E-state index contributed by atoms with van der Waals surface area (Å²) in [4.78, 5) is 12.6. The zero-order chi connectivity index (χ0) is 17.3. The van der Waals surface area contributed by atoms with E-state index in [0.717, 1.165) is 38.5 Å². The van der Waals surface area contributed by atoms with Gasteiger partial charge in [-0.2, -0.15) is 0 Å². The van der Waals surface area contributed by atoms with E-state index in [-0.39, 0.29) is 10.6 Å². The number of nitro benzene ring substituents is 1. The van der Waals surface area contributed by atoms with Crippen LogP contribution in [0.2, 0.25) is 0 Å². The van der Waals surface area contributed by atoms with Crippen molar-refractivity contribution in [1.29, 1.82) is 0 Å². The summed E-state index contributed by atoms with van der Waals surface area (Å²) in [6, 6.07) is 4.51. The lowest BCUT2D eigenvalue weighted by Gasteiger charge is -2.35. The second-order valence-corrected chi connectivity index (χ2v) is 8.51. The number of ether oxygens (including phenoxy) is 1. The van der Waals surface area contributed by atoms with E-state index < -0.39 is 14.8 Å². The topological polar surface area (TPSA) is 89.8 Å². The van der Waals surface area contributed by atoms with E-state index in [1.807, 2.05) is 4.90 Å². The van der Waals surface area contributed by atoms with Crippen molar-refractivity contribution in [3.63, 3.8) is 0 Å². The molecule has 0 aromatic heterocycles. The van der Waals surface area contributed by atoms with E-state index in [4.69, 9.17) is 4.74 Å². The quantitative estimate of drug-likeness (QED) is 0.609. The van der Waals surface area contributed by atoms with Gasteiger partial charge in [-0.05, 0) is 43.7 Å². The van der Waals surface area contributed by atoms with Crippen LogP contribution in [0.15, 0.2) is 23.1 Å². The van der Waals surface area contributed by atoms with E-state index in [9.17, 15) is 18.5 Å².